The first kappa shape index (κ1) is 24.2. The van der Waals surface area contributed by atoms with Crippen LogP contribution in [-0.2, 0) is 26.8 Å². The van der Waals surface area contributed by atoms with Gasteiger partial charge in [-0.1, -0.05) is 60.7 Å². The highest BCUT2D eigenvalue weighted by Gasteiger charge is 2.38. The van der Waals surface area contributed by atoms with Gasteiger partial charge in [0.15, 0.2) is 21.3 Å². The molecule has 0 saturated carbocycles. The van der Waals surface area contributed by atoms with Gasteiger partial charge in [0.1, 0.15) is 11.4 Å². The van der Waals surface area contributed by atoms with E-state index in [0.717, 1.165) is 12.8 Å². The van der Waals surface area contributed by atoms with Crippen molar-refractivity contribution in [1.29, 1.82) is 0 Å². The predicted octanol–water partition coefficient (Wildman–Crippen LogP) is 7.21. The highest BCUT2D eigenvalue weighted by molar-refractivity contribution is 7.97. The quantitative estimate of drug-likeness (QED) is 0.191. The second kappa shape index (κ2) is 10.6. The van der Waals surface area contributed by atoms with E-state index in [2.05, 4.69) is 84.9 Å². The van der Waals surface area contributed by atoms with Gasteiger partial charge in [-0.15, -0.1) is 0 Å². The Kier molecular flexibility index (Phi) is 7.15. The van der Waals surface area contributed by atoms with Crippen LogP contribution >= 0.6 is 0 Å². The Morgan fingerprint density at radius 3 is 1.97 bits per heavy atom. The van der Waals surface area contributed by atoms with E-state index in [1.165, 1.54) is 25.8 Å². The van der Waals surface area contributed by atoms with Crippen LogP contribution in [0.3, 0.4) is 0 Å². The Bertz CT molecular complexity index is 1260. The van der Waals surface area contributed by atoms with Crippen molar-refractivity contribution in [3.8, 4) is 5.75 Å². The summed E-state index contributed by atoms with van der Waals surface area (Å²) in [7, 11) is -0.216. The van der Waals surface area contributed by atoms with Gasteiger partial charge in [-0.05, 0) is 86.3 Å². The smallest absolute Gasteiger partial charge is 0.344 e. The number of esters is 1. The number of ether oxygens (including phenoxy) is 2. The SMILES string of the molecule is CC(C)(OC(=O)COc1ccc([S+](c2ccccc2)c2ccccc2)cc1)C1CCc2ccccc21. The van der Waals surface area contributed by atoms with Crippen LogP contribution in [0.5, 0.6) is 5.75 Å². The molecule has 1 atom stereocenters. The fraction of sp³-hybridized carbons (Fsp3) is 0.219. The van der Waals surface area contributed by atoms with E-state index in [-0.39, 0.29) is 29.4 Å². The van der Waals surface area contributed by atoms with E-state index in [1.54, 1.807) is 0 Å². The first-order valence-corrected chi connectivity index (χ1v) is 13.6. The Balaban J connectivity index is 1.24. The van der Waals surface area contributed by atoms with Crippen molar-refractivity contribution < 1.29 is 14.3 Å². The lowest BCUT2D eigenvalue weighted by atomic mass is 9.86. The molecule has 4 aromatic carbocycles. The topological polar surface area (TPSA) is 35.5 Å². The van der Waals surface area contributed by atoms with Crippen LogP contribution in [0.1, 0.15) is 37.3 Å². The minimum atomic E-state index is -0.587. The third kappa shape index (κ3) is 5.34. The minimum absolute atomic E-state index is 0.111. The summed E-state index contributed by atoms with van der Waals surface area (Å²) in [6, 6.07) is 37.6. The Morgan fingerprint density at radius 2 is 1.33 bits per heavy atom. The molecule has 0 radical (unpaired) electrons. The summed E-state index contributed by atoms with van der Waals surface area (Å²) in [5, 5.41) is 0. The molecule has 0 bridgehead atoms. The maximum atomic E-state index is 12.7. The highest BCUT2D eigenvalue weighted by Crippen LogP contribution is 2.42. The molecule has 182 valence electrons. The first-order chi connectivity index (χ1) is 17.5. The lowest BCUT2D eigenvalue weighted by Gasteiger charge is -2.32. The van der Waals surface area contributed by atoms with Crippen LogP contribution in [-0.4, -0.2) is 18.2 Å². The zero-order valence-corrected chi connectivity index (χ0v) is 21.5. The van der Waals surface area contributed by atoms with E-state index >= 15 is 0 Å². The molecule has 1 aliphatic carbocycles. The van der Waals surface area contributed by atoms with Crippen molar-refractivity contribution in [2.24, 2.45) is 0 Å². The van der Waals surface area contributed by atoms with E-state index in [4.69, 9.17) is 9.47 Å². The van der Waals surface area contributed by atoms with Gasteiger partial charge < -0.3 is 9.47 Å². The zero-order valence-electron chi connectivity index (χ0n) is 20.7. The minimum Gasteiger partial charge on any atom is -0.482 e. The van der Waals surface area contributed by atoms with Crippen LogP contribution in [0.25, 0.3) is 0 Å². The number of rotatable bonds is 8. The molecule has 4 heteroatoms. The Hall–Kier alpha value is -3.50. The molecular weight excluding hydrogens is 464 g/mol. The monoisotopic (exact) mass is 495 g/mol. The van der Waals surface area contributed by atoms with Crippen LogP contribution in [0.15, 0.2) is 124 Å². The molecule has 0 heterocycles. The summed E-state index contributed by atoms with van der Waals surface area (Å²) in [4.78, 5) is 16.4. The molecule has 0 spiro atoms. The normalized spacial score (nSPS) is 14.9. The first-order valence-electron chi connectivity index (χ1n) is 12.4. The second-order valence-corrected chi connectivity index (χ2v) is 11.6. The molecule has 1 aliphatic rings. The van der Waals surface area contributed by atoms with Crippen LogP contribution < -0.4 is 4.74 Å². The fourth-order valence-electron chi connectivity index (χ4n) is 5.01. The number of aryl methyl sites for hydroxylation is 1. The lowest BCUT2D eigenvalue weighted by molar-refractivity contribution is -0.161. The summed E-state index contributed by atoms with van der Waals surface area (Å²) in [6.45, 7) is 3.89. The summed E-state index contributed by atoms with van der Waals surface area (Å²) in [6.07, 6.45) is 2.02. The van der Waals surface area contributed by atoms with E-state index in [0.29, 0.717) is 5.75 Å². The molecule has 36 heavy (non-hydrogen) atoms. The standard InChI is InChI=1S/C32H31O3S/c1-32(2,30-22-17-24-11-9-10-16-29(24)30)35-31(33)23-34-25-18-20-28(21-19-25)36(26-12-5-3-6-13-26)27-14-7-4-8-15-27/h3-16,18-21,30H,17,22-23H2,1-2H3/q+1. The van der Waals surface area contributed by atoms with Gasteiger partial charge in [0, 0.05) is 5.92 Å². The van der Waals surface area contributed by atoms with Crippen molar-refractivity contribution in [1.82, 2.24) is 0 Å². The maximum Gasteiger partial charge on any atom is 0.344 e. The number of hydrogen-bond donors (Lipinski definition) is 0. The lowest BCUT2D eigenvalue weighted by Crippen LogP contribution is -2.36. The fourth-order valence-corrected chi connectivity index (χ4v) is 7.09. The van der Waals surface area contributed by atoms with Gasteiger partial charge >= 0.3 is 5.97 Å². The predicted molar refractivity (Wildman–Crippen MR) is 145 cm³/mol. The van der Waals surface area contributed by atoms with Crippen molar-refractivity contribution in [3.63, 3.8) is 0 Å². The number of carbonyl (C=O) groups is 1. The molecule has 3 nitrogen and oxygen atoms in total. The van der Waals surface area contributed by atoms with Gasteiger partial charge in [-0.3, -0.25) is 0 Å². The molecule has 0 aliphatic heterocycles. The highest BCUT2D eigenvalue weighted by atomic mass is 32.2. The van der Waals surface area contributed by atoms with E-state index in [9.17, 15) is 4.79 Å². The van der Waals surface area contributed by atoms with E-state index in [1.807, 2.05) is 38.1 Å². The number of carbonyl (C=O) groups excluding carboxylic acids is 1. The molecule has 4 aromatic rings. The number of hydrogen-bond acceptors (Lipinski definition) is 3. The third-order valence-corrected chi connectivity index (χ3v) is 8.95. The summed E-state index contributed by atoms with van der Waals surface area (Å²) < 4.78 is 11.7. The molecule has 0 N–H and O–H groups in total. The van der Waals surface area contributed by atoms with Crippen molar-refractivity contribution in [2.45, 2.75) is 52.9 Å². The Labute approximate surface area is 216 Å². The molecule has 0 saturated heterocycles. The average molecular weight is 496 g/mol. The molecule has 0 aromatic heterocycles. The van der Waals surface area contributed by atoms with Gasteiger partial charge in [-0.25, -0.2) is 4.79 Å². The van der Waals surface area contributed by atoms with Gasteiger partial charge in [0.25, 0.3) is 0 Å². The molecular formula is C32H31O3S+. The number of fused-ring (bicyclic) bond motifs is 1. The molecule has 0 amide bonds. The van der Waals surface area contributed by atoms with E-state index < -0.39 is 5.60 Å². The summed E-state index contributed by atoms with van der Waals surface area (Å²) >= 11 is 0. The average Bonchev–Trinajstić information content (AvgIpc) is 3.35. The second-order valence-electron chi connectivity index (χ2n) is 9.56. The maximum absolute atomic E-state index is 12.7. The van der Waals surface area contributed by atoms with Crippen LogP contribution in [0, 0.1) is 0 Å². The van der Waals surface area contributed by atoms with Gasteiger partial charge in [-0.2, -0.15) is 0 Å². The largest absolute Gasteiger partial charge is 0.482 e. The van der Waals surface area contributed by atoms with Crippen LogP contribution in [0.2, 0.25) is 0 Å². The van der Waals surface area contributed by atoms with Gasteiger partial charge in [0.05, 0.1) is 10.9 Å². The van der Waals surface area contributed by atoms with Crippen molar-refractivity contribution in [2.75, 3.05) is 6.61 Å². The Morgan fingerprint density at radius 1 is 0.778 bits per heavy atom. The van der Waals surface area contributed by atoms with Gasteiger partial charge in [0.2, 0.25) is 0 Å². The third-order valence-electron chi connectivity index (χ3n) is 6.72. The molecule has 5 rings (SSSR count). The van der Waals surface area contributed by atoms with Crippen molar-refractivity contribution in [3.05, 3.63) is 120 Å². The van der Waals surface area contributed by atoms with Crippen molar-refractivity contribution >= 4 is 16.9 Å². The summed E-state index contributed by atoms with van der Waals surface area (Å²) in [5.41, 5.74) is 2.06. The molecule has 1 unspecified atom stereocenters. The molecule has 0 fully saturated rings. The zero-order chi connectivity index (χ0) is 25.0. The summed E-state index contributed by atoms with van der Waals surface area (Å²) in [5.74, 6) is 0.511. The van der Waals surface area contributed by atoms with Crippen LogP contribution in [0.4, 0.5) is 0 Å². The number of benzene rings is 4.